The minimum absolute atomic E-state index is 0. The number of aryl methyl sites for hydroxylation is 1. The van der Waals surface area contributed by atoms with Crippen LogP contribution >= 0.6 is 12.4 Å². The molecule has 2 aromatic rings. The molecule has 0 bridgehead atoms. The van der Waals surface area contributed by atoms with Gasteiger partial charge in [0.25, 0.3) is 0 Å². The van der Waals surface area contributed by atoms with E-state index in [1.807, 2.05) is 6.92 Å². The molecule has 0 amide bonds. The maximum atomic E-state index is 5.54. The summed E-state index contributed by atoms with van der Waals surface area (Å²) in [5.41, 5.74) is 12.4. The van der Waals surface area contributed by atoms with E-state index in [1.165, 1.54) is 4.52 Å². The molecule has 0 radical (unpaired) electrons. The molecular weight excluding hydrogens is 192 g/mol. The highest BCUT2D eigenvalue weighted by Crippen LogP contribution is 2.07. The summed E-state index contributed by atoms with van der Waals surface area (Å²) in [5.74, 6) is 0.422. The molecule has 70 valence electrons. The number of nitrogens with two attached hydrogens (primary N) is 2. The quantitative estimate of drug-likeness (QED) is 0.625. The van der Waals surface area contributed by atoms with Crippen molar-refractivity contribution >= 4 is 30.0 Å². The maximum Gasteiger partial charge on any atom is 0.226 e. The van der Waals surface area contributed by atoms with E-state index in [0.717, 1.165) is 5.69 Å². The lowest BCUT2D eigenvalue weighted by molar-refractivity contribution is 0.897. The van der Waals surface area contributed by atoms with Crippen molar-refractivity contribution in [1.82, 2.24) is 19.6 Å². The van der Waals surface area contributed by atoms with Crippen molar-refractivity contribution in [2.75, 3.05) is 11.5 Å². The highest BCUT2D eigenvalue weighted by Gasteiger charge is 2.03. The number of nitrogen functional groups attached to an aromatic ring is 2. The second kappa shape index (κ2) is 3.06. The summed E-state index contributed by atoms with van der Waals surface area (Å²) in [6.45, 7) is 1.85. The van der Waals surface area contributed by atoms with Crippen LogP contribution in [0.3, 0.4) is 0 Å². The molecule has 0 aromatic carbocycles. The molecule has 0 unspecified atom stereocenters. The predicted octanol–water partition coefficient (Wildman–Crippen LogP) is 0.0189. The molecule has 2 heterocycles. The van der Waals surface area contributed by atoms with Gasteiger partial charge in [-0.05, 0) is 6.92 Å². The molecule has 0 saturated carbocycles. The molecule has 0 aliphatic heterocycles. The number of halogens is 1. The van der Waals surface area contributed by atoms with Gasteiger partial charge in [0.05, 0.1) is 5.69 Å². The van der Waals surface area contributed by atoms with Crippen molar-refractivity contribution in [3.63, 3.8) is 0 Å². The van der Waals surface area contributed by atoms with Crippen LogP contribution in [-0.4, -0.2) is 19.6 Å². The van der Waals surface area contributed by atoms with Crippen LogP contribution in [0.15, 0.2) is 6.07 Å². The summed E-state index contributed by atoms with van der Waals surface area (Å²) in [4.78, 5) is 7.70. The van der Waals surface area contributed by atoms with E-state index in [9.17, 15) is 0 Å². The topological polar surface area (TPSA) is 95.1 Å². The van der Waals surface area contributed by atoms with Crippen molar-refractivity contribution in [2.24, 2.45) is 0 Å². The normalized spacial score (nSPS) is 9.92. The summed E-state index contributed by atoms with van der Waals surface area (Å²) < 4.78 is 1.45. The van der Waals surface area contributed by atoms with E-state index in [0.29, 0.717) is 5.65 Å². The van der Waals surface area contributed by atoms with E-state index < -0.39 is 0 Å². The molecule has 0 aliphatic carbocycles. The first-order valence-corrected chi connectivity index (χ1v) is 3.42. The molecule has 0 atom stereocenters. The Morgan fingerprint density at radius 3 is 2.69 bits per heavy atom. The summed E-state index contributed by atoms with van der Waals surface area (Å²) >= 11 is 0. The van der Waals surface area contributed by atoms with Gasteiger partial charge in [0, 0.05) is 6.07 Å². The highest BCUT2D eigenvalue weighted by atomic mass is 35.5. The van der Waals surface area contributed by atoms with E-state index in [4.69, 9.17) is 11.5 Å². The van der Waals surface area contributed by atoms with Crippen molar-refractivity contribution in [2.45, 2.75) is 6.92 Å². The summed E-state index contributed by atoms with van der Waals surface area (Å²) in [5, 5.41) is 4.06. The largest absolute Gasteiger partial charge is 0.368 e. The van der Waals surface area contributed by atoms with Crippen LogP contribution < -0.4 is 11.5 Å². The molecule has 0 fully saturated rings. The molecule has 2 rings (SSSR count). The summed E-state index contributed by atoms with van der Waals surface area (Å²) in [7, 11) is 0. The molecule has 0 spiro atoms. The Morgan fingerprint density at radius 1 is 1.31 bits per heavy atom. The zero-order valence-electron chi connectivity index (χ0n) is 6.93. The second-order valence-electron chi connectivity index (χ2n) is 2.50. The first-order chi connectivity index (χ1) is 5.66. The number of fused-ring (bicyclic) bond motifs is 1. The number of rotatable bonds is 0. The Balaban J connectivity index is 0.000000845. The third kappa shape index (κ3) is 1.48. The molecule has 13 heavy (non-hydrogen) atoms. The lowest BCUT2D eigenvalue weighted by Crippen LogP contribution is -2.06. The van der Waals surface area contributed by atoms with Crippen LogP contribution in [0.1, 0.15) is 5.69 Å². The van der Waals surface area contributed by atoms with E-state index >= 15 is 0 Å². The number of anilines is 2. The van der Waals surface area contributed by atoms with Gasteiger partial charge in [-0.3, -0.25) is 0 Å². The average molecular weight is 201 g/mol. The SMILES string of the molecule is Cc1cc2nc(N)nc(N)n2n1.Cl. The second-order valence-corrected chi connectivity index (χ2v) is 2.50. The minimum Gasteiger partial charge on any atom is -0.368 e. The van der Waals surface area contributed by atoms with Gasteiger partial charge >= 0.3 is 0 Å². The first kappa shape index (κ1) is 9.53. The van der Waals surface area contributed by atoms with Crippen molar-refractivity contribution in [3.05, 3.63) is 11.8 Å². The van der Waals surface area contributed by atoms with Crippen LogP contribution in [0, 0.1) is 6.92 Å². The molecular formula is C6H9ClN6. The van der Waals surface area contributed by atoms with Crippen LogP contribution in [0.2, 0.25) is 0 Å². The van der Waals surface area contributed by atoms with Gasteiger partial charge in [0.2, 0.25) is 11.9 Å². The van der Waals surface area contributed by atoms with E-state index in [1.54, 1.807) is 6.07 Å². The number of hydrogen-bond donors (Lipinski definition) is 2. The standard InChI is InChI=1S/C6H8N6.ClH/c1-3-2-4-9-5(7)10-6(8)12(4)11-3;/h2H,1H3,(H4,7,8,9,10);1H. The number of hydrogen-bond acceptors (Lipinski definition) is 5. The summed E-state index contributed by atoms with van der Waals surface area (Å²) in [6, 6.07) is 1.79. The minimum atomic E-state index is 0. The van der Waals surface area contributed by atoms with E-state index in [2.05, 4.69) is 15.1 Å². The van der Waals surface area contributed by atoms with Crippen LogP contribution in [-0.2, 0) is 0 Å². The van der Waals surface area contributed by atoms with Crippen LogP contribution in [0.4, 0.5) is 11.9 Å². The lowest BCUT2D eigenvalue weighted by Gasteiger charge is -1.97. The van der Waals surface area contributed by atoms with Crippen molar-refractivity contribution < 1.29 is 0 Å². The van der Waals surface area contributed by atoms with Crippen LogP contribution in [0.5, 0.6) is 0 Å². The van der Waals surface area contributed by atoms with Gasteiger partial charge in [-0.1, -0.05) is 0 Å². The molecule has 6 nitrogen and oxygen atoms in total. The summed E-state index contributed by atoms with van der Waals surface area (Å²) in [6.07, 6.45) is 0. The Bertz CT molecular complexity index is 436. The van der Waals surface area contributed by atoms with Crippen molar-refractivity contribution in [3.8, 4) is 0 Å². The van der Waals surface area contributed by atoms with Gasteiger partial charge in [-0.2, -0.15) is 19.6 Å². The first-order valence-electron chi connectivity index (χ1n) is 3.42. The molecule has 7 heteroatoms. The molecule has 0 aliphatic rings. The smallest absolute Gasteiger partial charge is 0.226 e. The maximum absolute atomic E-state index is 5.54. The van der Waals surface area contributed by atoms with Crippen LogP contribution in [0.25, 0.3) is 5.65 Å². The fourth-order valence-electron chi connectivity index (χ4n) is 1.04. The Morgan fingerprint density at radius 2 is 2.00 bits per heavy atom. The molecule has 2 aromatic heterocycles. The third-order valence-electron chi connectivity index (χ3n) is 1.49. The van der Waals surface area contributed by atoms with Crippen molar-refractivity contribution in [1.29, 1.82) is 0 Å². The zero-order chi connectivity index (χ0) is 8.72. The zero-order valence-corrected chi connectivity index (χ0v) is 7.75. The van der Waals surface area contributed by atoms with Gasteiger partial charge < -0.3 is 11.5 Å². The third-order valence-corrected chi connectivity index (χ3v) is 1.49. The molecule has 0 saturated heterocycles. The predicted molar refractivity (Wildman–Crippen MR) is 51.6 cm³/mol. The van der Waals surface area contributed by atoms with Gasteiger partial charge in [-0.25, -0.2) is 0 Å². The van der Waals surface area contributed by atoms with Gasteiger partial charge in [0.1, 0.15) is 0 Å². The van der Waals surface area contributed by atoms with E-state index in [-0.39, 0.29) is 24.3 Å². The van der Waals surface area contributed by atoms with Gasteiger partial charge in [0.15, 0.2) is 5.65 Å². The number of aromatic nitrogens is 4. The number of nitrogens with zero attached hydrogens (tertiary/aromatic N) is 4. The lowest BCUT2D eigenvalue weighted by atomic mass is 10.5. The Hall–Kier alpha value is -1.56. The Labute approximate surface area is 80.4 Å². The van der Waals surface area contributed by atoms with Gasteiger partial charge in [-0.15, -0.1) is 12.4 Å². The highest BCUT2D eigenvalue weighted by molar-refractivity contribution is 5.85. The Kier molecular flexibility index (Phi) is 2.24. The fourth-order valence-corrected chi connectivity index (χ4v) is 1.04. The average Bonchev–Trinajstić information content (AvgIpc) is 2.29. The molecule has 4 N–H and O–H groups in total. The fraction of sp³-hybridized carbons (Fsp3) is 0.167. The monoisotopic (exact) mass is 200 g/mol.